The summed E-state index contributed by atoms with van der Waals surface area (Å²) in [7, 11) is 0. The largest absolute Gasteiger partial charge is 0.466 e. The lowest BCUT2D eigenvalue weighted by molar-refractivity contribution is -0.190. The molecular formula is C27H19F3N4O6. The first kappa shape index (κ1) is 25.5. The number of esters is 2. The first-order valence-electron chi connectivity index (χ1n) is 12.2. The molecule has 0 bridgehead atoms. The number of carbonyl (C=O) groups is 2. The Morgan fingerprint density at radius 1 is 1.15 bits per heavy atom. The maximum Gasteiger partial charge on any atom is 0.433 e. The molecule has 6 rings (SSSR count). The predicted molar refractivity (Wildman–Crippen MR) is 131 cm³/mol. The van der Waals surface area contributed by atoms with Crippen molar-refractivity contribution in [3.8, 4) is 17.3 Å². The molecule has 10 nitrogen and oxygen atoms in total. The van der Waals surface area contributed by atoms with E-state index in [1.54, 1.807) is 13.0 Å². The molecule has 0 radical (unpaired) electrons. The highest BCUT2D eigenvalue weighted by Gasteiger charge is 2.50. The van der Waals surface area contributed by atoms with E-state index >= 15 is 0 Å². The average Bonchev–Trinajstić information content (AvgIpc) is 3.30. The molecule has 2 aliphatic heterocycles. The lowest BCUT2D eigenvalue weighted by atomic mass is 9.85. The molecule has 0 fully saturated rings. The van der Waals surface area contributed by atoms with Gasteiger partial charge in [-0.1, -0.05) is 25.1 Å². The van der Waals surface area contributed by atoms with Crippen molar-refractivity contribution in [1.82, 2.24) is 19.5 Å². The Bertz CT molecular complexity index is 1770. The first-order valence-corrected chi connectivity index (χ1v) is 12.2. The van der Waals surface area contributed by atoms with E-state index in [1.807, 2.05) is 30.3 Å². The first-order chi connectivity index (χ1) is 19.1. The average molecular weight is 552 g/mol. The van der Waals surface area contributed by atoms with Crippen LogP contribution in [-0.4, -0.2) is 38.1 Å². The number of aromatic nitrogens is 4. The molecule has 0 aliphatic carbocycles. The van der Waals surface area contributed by atoms with Crippen LogP contribution in [0.15, 0.2) is 53.6 Å². The van der Waals surface area contributed by atoms with E-state index in [0.717, 1.165) is 16.5 Å². The third-order valence-corrected chi connectivity index (χ3v) is 6.94. The fraction of sp³-hybridized carbons (Fsp3) is 0.259. The van der Waals surface area contributed by atoms with Crippen molar-refractivity contribution in [2.24, 2.45) is 0 Å². The van der Waals surface area contributed by atoms with E-state index in [9.17, 15) is 27.6 Å². The van der Waals surface area contributed by atoms with E-state index in [2.05, 4.69) is 9.97 Å². The smallest absolute Gasteiger partial charge is 0.433 e. The van der Waals surface area contributed by atoms with Gasteiger partial charge in [-0.25, -0.2) is 24.5 Å². The summed E-state index contributed by atoms with van der Waals surface area (Å²) >= 11 is 0. The zero-order valence-corrected chi connectivity index (χ0v) is 20.8. The van der Waals surface area contributed by atoms with Crippen LogP contribution in [0.1, 0.15) is 35.7 Å². The van der Waals surface area contributed by atoms with Gasteiger partial charge in [0.15, 0.2) is 12.3 Å². The number of benzene rings is 1. The van der Waals surface area contributed by atoms with E-state index in [1.165, 1.54) is 4.57 Å². The minimum absolute atomic E-state index is 0.0861. The molecule has 204 valence electrons. The number of pyridine rings is 2. The van der Waals surface area contributed by atoms with Gasteiger partial charge < -0.3 is 18.8 Å². The number of cyclic esters (lactones) is 1. The van der Waals surface area contributed by atoms with Crippen molar-refractivity contribution >= 4 is 22.8 Å². The Morgan fingerprint density at radius 2 is 1.95 bits per heavy atom. The molecule has 0 saturated carbocycles. The highest BCUT2D eigenvalue weighted by atomic mass is 19.4. The van der Waals surface area contributed by atoms with Crippen LogP contribution in [0.3, 0.4) is 0 Å². The summed E-state index contributed by atoms with van der Waals surface area (Å²) in [6, 6.07) is 11.6. The van der Waals surface area contributed by atoms with Crippen LogP contribution in [-0.2, 0) is 44.0 Å². The van der Waals surface area contributed by atoms with Gasteiger partial charge in [0.05, 0.1) is 29.0 Å². The van der Waals surface area contributed by atoms with Crippen LogP contribution in [0.25, 0.3) is 22.3 Å². The molecule has 0 spiro atoms. The van der Waals surface area contributed by atoms with Gasteiger partial charge in [0, 0.05) is 22.6 Å². The van der Waals surface area contributed by atoms with Crippen LogP contribution in [0.4, 0.5) is 13.2 Å². The van der Waals surface area contributed by atoms with E-state index in [4.69, 9.17) is 19.2 Å². The van der Waals surface area contributed by atoms with Crippen molar-refractivity contribution in [3.63, 3.8) is 0 Å². The topological polar surface area (TPSA) is 122 Å². The van der Waals surface area contributed by atoms with Gasteiger partial charge >= 0.3 is 18.1 Å². The Kier molecular flexibility index (Phi) is 5.82. The summed E-state index contributed by atoms with van der Waals surface area (Å²) in [6.45, 7) is 0.679. The third-order valence-electron chi connectivity index (χ3n) is 6.94. The number of carbonyl (C=O) groups excluding carboxylic acids is 2. The second-order valence-electron chi connectivity index (χ2n) is 9.26. The molecule has 3 aromatic heterocycles. The molecule has 0 unspecified atom stereocenters. The minimum atomic E-state index is -4.74. The molecule has 4 aromatic rings. The highest BCUT2D eigenvalue weighted by molar-refractivity contribution is 5.88. The molecule has 1 aromatic carbocycles. The zero-order chi connectivity index (χ0) is 28.2. The normalized spacial score (nSPS) is 17.6. The van der Waals surface area contributed by atoms with Crippen molar-refractivity contribution in [3.05, 3.63) is 81.5 Å². The number of nitrogens with zero attached hydrogens (tertiary/aromatic N) is 4. The van der Waals surface area contributed by atoms with Crippen LogP contribution in [0.2, 0.25) is 0 Å². The van der Waals surface area contributed by atoms with E-state index in [0.29, 0.717) is 23.8 Å². The van der Waals surface area contributed by atoms with Crippen LogP contribution in [0, 0.1) is 0 Å². The lowest BCUT2D eigenvalue weighted by Crippen LogP contribution is -2.48. The molecule has 13 heteroatoms. The molecular weight excluding hydrogens is 533 g/mol. The number of fused-ring (bicyclic) bond motifs is 5. The van der Waals surface area contributed by atoms with E-state index in [-0.39, 0.29) is 30.7 Å². The highest BCUT2D eigenvalue weighted by Crippen LogP contribution is 2.41. The summed E-state index contributed by atoms with van der Waals surface area (Å²) in [5.74, 6) is -2.47. The number of halogens is 3. The van der Waals surface area contributed by atoms with Gasteiger partial charge in [0.1, 0.15) is 12.9 Å². The maximum absolute atomic E-state index is 13.6. The summed E-state index contributed by atoms with van der Waals surface area (Å²) < 4.78 is 56.3. The number of para-hydroxylation sites is 1. The molecule has 2 aliphatic rings. The molecule has 40 heavy (non-hydrogen) atoms. The van der Waals surface area contributed by atoms with Gasteiger partial charge in [-0.15, -0.1) is 0 Å². The van der Waals surface area contributed by atoms with Crippen LogP contribution >= 0.6 is 0 Å². The predicted octanol–water partition coefficient (Wildman–Crippen LogP) is 3.52. The summed E-state index contributed by atoms with van der Waals surface area (Å²) in [6.07, 6.45) is -4.18. The Labute approximate surface area is 223 Å². The number of hydrogen-bond donors (Lipinski definition) is 0. The summed E-state index contributed by atoms with van der Waals surface area (Å²) in [5.41, 5.74) is -0.743. The van der Waals surface area contributed by atoms with Gasteiger partial charge in [-0.3, -0.25) is 4.79 Å². The maximum atomic E-state index is 13.6. The standard InChI is InChI=1S/C27H19F3N4O6/c1-2-26(40-22(35)12-38-21-9-20(27(28,29)30)31-13-32-21)17-8-19-23-15(7-14-5-3-4-6-18(14)33-23)10-34(19)24(36)16(17)11-39-25(26)37/h3-9,13H,2,10-12H2,1H3/t26-/m0/s1. The SMILES string of the molecule is CC[C@@]1(OC(=O)COc2cc(C(F)(F)F)ncn2)C(=O)OCc2c1cc1n(c2=O)Cc2cc3ccccc3nc2-1. The molecule has 1 atom stereocenters. The fourth-order valence-corrected chi connectivity index (χ4v) is 5.01. The van der Waals surface area contributed by atoms with Crippen molar-refractivity contribution < 1.29 is 37.0 Å². The van der Waals surface area contributed by atoms with E-state index < -0.39 is 47.5 Å². The Morgan fingerprint density at radius 3 is 2.73 bits per heavy atom. The molecule has 0 amide bonds. The van der Waals surface area contributed by atoms with Gasteiger partial charge in [0.25, 0.3) is 5.56 Å². The molecule has 0 saturated heterocycles. The molecule has 0 N–H and O–H groups in total. The number of hydrogen-bond acceptors (Lipinski definition) is 9. The van der Waals surface area contributed by atoms with Gasteiger partial charge in [-0.05, 0) is 24.6 Å². The minimum Gasteiger partial charge on any atom is -0.466 e. The lowest BCUT2D eigenvalue weighted by Gasteiger charge is -2.35. The molecule has 5 heterocycles. The quantitative estimate of drug-likeness (QED) is 0.302. The summed E-state index contributed by atoms with van der Waals surface area (Å²) in [5, 5.41) is 0.910. The fourth-order valence-electron chi connectivity index (χ4n) is 5.01. The Hall–Kier alpha value is -4.81. The monoisotopic (exact) mass is 552 g/mol. The zero-order valence-electron chi connectivity index (χ0n) is 20.8. The van der Waals surface area contributed by atoms with Gasteiger partial charge in [-0.2, -0.15) is 13.2 Å². The number of rotatable bonds is 5. The number of ether oxygens (including phenoxy) is 3. The van der Waals surface area contributed by atoms with Gasteiger partial charge in [0.2, 0.25) is 11.5 Å². The second-order valence-corrected chi connectivity index (χ2v) is 9.26. The van der Waals surface area contributed by atoms with Crippen molar-refractivity contribution in [1.29, 1.82) is 0 Å². The second kappa shape index (κ2) is 9.14. The van der Waals surface area contributed by atoms with Crippen molar-refractivity contribution in [2.75, 3.05) is 6.61 Å². The Balaban J connectivity index is 1.35. The number of alkyl halides is 3. The third kappa shape index (κ3) is 4.05. The van der Waals surface area contributed by atoms with Crippen molar-refractivity contribution in [2.45, 2.75) is 38.3 Å². The summed E-state index contributed by atoms with van der Waals surface area (Å²) in [4.78, 5) is 50.9. The van der Waals surface area contributed by atoms with Crippen LogP contribution < -0.4 is 10.3 Å². The van der Waals surface area contributed by atoms with Crippen LogP contribution in [0.5, 0.6) is 5.88 Å².